The monoisotopic (exact) mass is 384 g/mol. The van der Waals surface area contributed by atoms with Crippen LogP contribution in [0.5, 0.6) is 5.75 Å². The van der Waals surface area contributed by atoms with E-state index in [1.807, 2.05) is 0 Å². The van der Waals surface area contributed by atoms with E-state index in [4.69, 9.17) is 4.43 Å². The van der Waals surface area contributed by atoms with Crippen molar-refractivity contribution in [2.75, 3.05) is 0 Å². The highest BCUT2D eigenvalue weighted by molar-refractivity contribution is 6.74. The van der Waals surface area contributed by atoms with Crippen molar-refractivity contribution in [2.24, 2.45) is 17.3 Å². The Morgan fingerprint density at radius 3 is 2.63 bits per heavy atom. The molecule has 0 spiro atoms. The minimum atomic E-state index is -1.80. The van der Waals surface area contributed by atoms with Crippen molar-refractivity contribution >= 4 is 8.32 Å². The molecule has 1 aromatic carbocycles. The van der Waals surface area contributed by atoms with Crippen LogP contribution in [0.1, 0.15) is 70.4 Å². The van der Waals surface area contributed by atoms with Gasteiger partial charge in [-0.1, -0.05) is 33.8 Å². The van der Waals surface area contributed by atoms with Crippen LogP contribution in [0, 0.1) is 17.3 Å². The lowest BCUT2D eigenvalue weighted by atomic mass is 9.55. The summed E-state index contributed by atoms with van der Waals surface area (Å²) in [7, 11) is -1.80. The van der Waals surface area contributed by atoms with Crippen LogP contribution >= 0.6 is 0 Å². The molecule has 1 aromatic rings. The van der Waals surface area contributed by atoms with E-state index in [0.717, 1.165) is 25.0 Å². The van der Waals surface area contributed by atoms with Crippen molar-refractivity contribution < 1.29 is 9.53 Å². The van der Waals surface area contributed by atoms with Gasteiger partial charge in [-0.2, -0.15) is 0 Å². The molecule has 0 bridgehead atoms. The zero-order valence-corrected chi connectivity index (χ0v) is 18.9. The van der Waals surface area contributed by atoms with Crippen LogP contribution < -0.4 is 4.43 Å². The average molecular weight is 385 g/mol. The molecular weight excluding hydrogens is 348 g/mol. The summed E-state index contributed by atoms with van der Waals surface area (Å²) in [6, 6.07) is 6.92. The maximum atomic E-state index is 10.4. The van der Waals surface area contributed by atoms with E-state index in [1.54, 1.807) is 5.56 Å². The first kappa shape index (κ1) is 19.1. The van der Waals surface area contributed by atoms with Crippen molar-refractivity contribution in [3.05, 3.63) is 41.2 Å². The minimum Gasteiger partial charge on any atom is -0.543 e. The van der Waals surface area contributed by atoms with E-state index >= 15 is 0 Å². The fourth-order valence-electron chi connectivity index (χ4n) is 5.61. The summed E-state index contributed by atoms with van der Waals surface area (Å²) < 4.78 is 6.57. The topological polar surface area (TPSA) is 29.5 Å². The van der Waals surface area contributed by atoms with Crippen molar-refractivity contribution in [2.45, 2.75) is 83.8 Å². The summed E-state index contributed by atoms with van der Waals surface area (Å²) in [4.78, 5) is 0. The van der Waals surface area contributed by atoms with Gasteiger partial charge in [0, 0.05) is 5.41 Å². The van der Waals surface area contributed by atoms with E-state index in [-0.39, 0.29) is 10.5 Å². The summed E-state index contributed by atoms with van der Waals surface area (Å²) >= 11 is 0. The maximum absolute atomic E-state index is 10.4. The second-order valence-electron chi connectivity index (χ2n) is 10.9. The third-order valence-corrected chi connectivity index (χ3v) is 12.8. The Kier molecular flexibility index (Phi) is 4.34. The number of hydrogen-bond donors (Lipinski definition) is 1. The fourth-order valence-corrected chi connectivity index (χ4v) is 6.64. The van der Waals surface area contributed by atoms with Gasteiger partial charge in [-0.15, -0.1) is 0 Å². The minimum absolute atomic E-state index is 0.0318. The first-order valence-electron chi connectivity index (χ1n) is 10.7. The smallest absolute Gasteiger partial charge is 0.250 e. The number of allylic oxidation sites excluding steroid dienone is 2. The van der Waals surface area contributed by atoms with Crippen LogP contribution in [-0.4, -0.2) is 13.4 Å². The predicted octanol–water partition coefficient (Wildman–Crippen LogP) is 6.98. The van der Waals surface area contributed by atoms with E-state index in [2.05, 4.69) is 65.1 Å². The van der Waals surface area contributed by atoms with Crippen molar-refractivity contribution in [1.29, 1.82) is 0 Å². The normalized spacial score (nSPS) is 33.0. The summed E-state index contributed by atoms with van der Waals surface area (Å²) in [5, 5.41) is 10.6. The Labute approximate surface area is 166 Å². The lowest BCUT2D eigenvalue weighted by Gasteiger charge is -2.49. The number of fused-ring (bicyclic) bond motifs is 5. The Hall–Kier alpha value is -1.22. The highest BCUT2D eigenvalue weighted by Gasteiger charge is 2.52. The number of aryl methyl sites for hydroxylation is 1. The van der Waals surface area contributed by atoms with Gasteiger partial charge in [-0.25, -0.2) is 0 Å². The SMILES string of the molecule is CC(C)(C)[Si](C)(C)Oc1ccc2c(c1)CC[C@@H]1[C@@H]2CC[C@]2(C)C(O)=CC[C@@H]12. The van der Waals surface area contributed by atoms with Crippen molar-refractivity contribution in [1.82, 2.24) is 0 Å². The number of hydrogen-bond acceptors (Lipinski definition) is 2. The maximum Gasteiger partial charge on any atom is 0.250 e. The molecule has 3 aliphatic carbocycles. The van der Waals surface area contributed by atoms with E-state index in [1.165, 1.54) is 18.4 Å². The van der Waals surface area contributed by atoms with Gasteiger partial charge < -0.3 is 9.53 Å². The van der Waals surface area contributed by atoms with Gasteiger partial charge in [0.05, 0.1) is 5.76 Å². The molecule has 1 N–H and O–H groups in total. The molecule has 4 atom stereocenters. The van der Waals surface area contributed by atoms with Crippen molar-refractivity contribution in [3.8, 4) is 5.75 Å². The van der Waals surface area contributed by atoms with Gasteiger partial charge in [0.1, 0.15) is 5.75 Å². The van der Waals surface area contributed by atoms with E-state index in [0.29, 0.717) is 23.5 Å². The molecule has 0 amide bonds. The third kappa shape index (κ3) is 2.97. The second-order valence-corrected chi connectivity index (χ2v) is 15.6. The molecule has 3 heteroatoms. The van der Waals surface area contributed by atoms with E-state index < -0.39 is 8.32 Å². The highest BCUT2D eigenvalue weighted by Crippen LogP contribution is 2.60. The molecule has 4 rings (SSSR count). The number of benzene rings is 1. The molecule has 0 saturated heterocycles. The average Bonchev–Trinajstić information content (AvgIpc) is 2.88. The van der Waals surface area contributed by atoms with Crippen LogP contribution in [0.25, 0.3) is 0 Å². The van der Waals surface area contributed by atoms with Crippen LogP contribution in [-0.2, 0) is 6.42 Å². The highest BCUT2D eigenvalue weighted by atomic mass is 28.4. The number of aliphatic hydroxyl groups excluding tert-OH is 1. The lowest BCUT2D eigenvalue weighted by molar-refractivity contribution is 0.0477. The zero-order valence-electron chi connectivity index (χ0n) is 17.9. The first-order valence-corrected chi connectivity index (χ1v) is 13.7. The molecule has 1 fully saturated rings. The van der Waals surface area contributed by atoms with Crippen LogP contribution in [0.3, 0.4) is 0 Å². The van der Waals surface area contributed by atoms with Crippen LogP contribution in [0.2, 0.25) is 18.1 Å². The van der Waals surface area contributed by atoms with E-state index in [9.17, 15) is 5.11 Å². The molecule has 0 unspecified atom stereocenters. The van der Waals surface area contributed by atoms with Gasteiger partial charge in [0.2, 0.25) is 8.32 Å². The Balaban J connectivity index is 1.58. The van der Waals surface area contributed by atoms with Gasteiger partial charge in [0.25, 0.3) is 0 Å². The zero-order chi connectivity index (χ0) is 19.6. The molecule has 1 saturated carbocycles. The van der Waals surface area contributed by atoms with Crippen LogP contribution in [0.4, 0.5) is 0 Å². The lowest BCUT2D eigenvalue weighted by Crippen LogP contribution is -2.44. The molecule has 148 valence electrons. The second kappa shape index (κ2) is 6.14. The molecule has 3 aliphatic rings. The third-order valence-electron chi connectivity index (χ3n) is 8.42. The first-order chi connectivity index (χ1) is 12.5. The van der Waals surface area contributed by atoms with Gasteiger partial charge in [0.15, 0.2) is 0 Å². The number of aliphatic hydroxyl groups is 1. The Bertz CT molecular complexity index is 773. The molecule has 0 radical (unpaired) electrons. The summed E-state index contributed by atoms with van der Waals surface area (Å²) in [6.45, 7) is 13.8. The standard InChI is InChI=1S/C24H36O2Si/c1-23(2,3)27(5,6)26-17-8-10-18-16(15-17)7-9-20-19(18)13-14-24(4)21(20)11-12-22(24)25/h8,10,12,15,19-21,25H,7,9,11,13-14H2,1-6H3/t19-,20-,21+,24+/m1/s1. The molecule has 0 heterocycles. The van der Waals surface area contributed by atoms with Gasteiger partial charge in [-0.3, -0.25) is 0 Å². The summed E-state index contributed by atoms with van der Waals surface area (Å²) in [6.07, 6.45) is 7.87. The fraction of sp³-hybridized carbons (Fsp3) is 0.667. The molecule has 27 heavy (non-hydrogen) atoms. The largest absolute Gasteiger partial charge is 0.543 e. The number of rotatable bonds is 2. The molecular formula is C24H36O2Si. The summed E-state index contributed by atoms with van der Waals surface area (Å²) in [5.74, 6) is 3.72. The molecule has 0 aliphatic heterocycles. The van der Waals surface area contributed by atoms with Crippen molar-refractivity contribution in [3.63, 3.8) is 0 Å². The quantitative estimate of drug-likeness (QED) is 0.557. The van der Waals surface area contributed by atoms with Crippen LogP contribution in [0.15, 0.2) is 30.0 Å². The van der Waals surface area contributed by atoms with Gasteiger partial charge >= 0.3 is 0 Å². The predicted molar refractivity (Wildman–Crippen MR) is 115 cm³/mol. The summed E-state index contributed by atoms with van der Waals surface area (Å²) in [5.41, 5.74) is 3.10. The Morgan fingerprint density at radius 1 is 1.19 bits per heavy atom. The van der Waals surface area contributed by atoms with Gasteiger partial charge in [-0.05, 0) is 97.3 Å². The molecule has 0 aromatic heterocycles. The molecule has 2 nitrogen and oxygen atoms in total. The Morgan fingerprint density at radius 2 is 1.93 bits per heavy atom.